The van der Waals surface area contributed by atoms with Gasteiger partial charge < -0.3 is 20.9 Å². The van der Waals surface area contributed by atoms with Gasteiger partial charge in [-0.25, -0.2) is 0 Å². The summed E-state index contributed by atoms with van der Waals surface area (Å²) in [6, 6.07) is 8.28. The molecular weight excluding hydrogens is 404 g/mol. The Balaban J connectivity index is 2.48. The van der Waals surface area contributed by atoms with Crippen molar-refractivity contribution in [2.75, 3.05) is 12.8 Å². The number of anilines is 1. The first kappa shape index (κ1) is 15.7. The van der Waals surface area contributed by atoms with Gasteiger partial charge in [0.2, 0.25) is 0 Å². The molecule has 2 rings (SSSR count). The SMILES string of the molecule is COc1cc(Br)c(Oc2c(N)cccc2C(N)=O)cc1Br. The van der Waals surface area contributed by atoms with Crippen molar-refractivity contribution in [1.29, 1.82) is 0 Å². The molecule has 5 nitrogen and oxygen atoms in total. The van der Waals surface area contributed by atoms with Crippen LogP contribution in [0.5, 0.6) is 17.2 Å². The van der Waals surface area contributed by atoms with Gasteiger partial charge in [-0.2, -0.15) is 0 Å². The van der Waals surface area contributed by atoms with Gasteiger partial charge in [0, 0.05) is 0 Å². The number of carbonyl (C=O) groups is 1. The van der Waals surface area contributed by atoms with Gasteiger partial charge in [-0.3, -0.25) is 4.79 Å². The predicted octanol–water partition coefficient (Wildman–Crippen LogP) is 3.69. The number of methoxy groups -OCH3 is 1. The van der Waals surface area contributed by atoms with Gasteiger partial charge >= 0.3 is 0 Å². The third-order valence-corrected chi connectivity index (χ3v) is 3.97. The van der Waals surface area contributed by atoms with E-state index < -0.39 is 5.91 Å². The van der Waals surface area contributed by atoms with Crippen LogP contribution in [-0.4, -0.2) is 13.0 Å². The van der Waals surface area contributed by atoms with Crippen molar-refractivity contribution in [3.05, 3.63) is 44.8 Å². The summed E-state index contributed by atoms with van der Waals surface area (Å²) >= 11 is 6.76. The van der Waals surface area contributed by atoms with Crippen molar-refractivity contribution < 1.29 is 14.3 Å². The van der Waals surface area contributed by atoms with Crippen molar-refractivity contribution in [1.82, 2.24) is 0 Å². The van der Waals surface area contributed by atoms with Gasteiger partial charge in [0.25, 0.3) is 5.91 Å². The summed E-state index contributed by atoms with van der Waals surface area (Å²) in [6.45, 7) is 0. The zero-order chi connectivity index (χ0) is 15.6. The Labute approximate surface area is 138 Å². The first-order chi connectivity index (χ1) is 9.93. The lowest BCUT2D eigenvalue weighted by Gasteiger charge is -2.14. The lowest BCUT2D eigenvalue weighted by molar-refractivity contribution is 0.0998. The molecule has 0 fully saturated rings. The molecule has 0 bridgehead atoms. The summed E-state index contributed by atoms with van der Waals surface area (Å²) in [5.74, 6) is 0.734. The number of ether oxygens (including phenoxy) is 2. The molecule has 2 aromatic rings. The highest BCUT2D eigenvalue weighted by Crippen LogP contribution is 2.40. The third-order valence-electron chi connectivity index (χ3n) is 2.73. The second kappa shape index (κ2) is 6.36. The maximum absolute atomic E-state index is 11.5. The average molecular weight is 416 g/mol. The Kier molecular flexibility index (Phi) is 4.74. The van der Waals surface area contributed by atoms with Crippen molar-refractivity contribution in [2.24, 2.45) is 5.73 Å². The van der Waals surface area contributed by atoms with E-state index in [-0.39, 0.29) is 11.3 Å². The minimum absolute atomic E-state index is 0.217. The number of rotatable bonds is 4. The van der Waals surface area contributed by atoms with E-state index in [0.717, 1.165) is 0 Å². The molecule has 21 heavy (non-hydrogen) atoms. The lowest BCUT2D eigenvalue weighted by Crippen LogP contribution is -2.13. The highest BCUT2D eigenvalue weighted by atomic mass is 79.9. The molecule has 7 heteroatoms. The largest absolute Gasteiger partial charge is 0.496 e. The monoisotopic (exact) mass is 414 g/mol. The number of hydrogen-bond donors (Lipinski definition) is 2. The molecule has 0 aliphatic rings. The van der Waals surface area contributed by atoms with Gasteiger partial charge in [-0.15, -0.1) is 0 Å². The molecule has 110 valence electrons. The standard InChI is InChI=1S/C14H12Br2N2O3/c1-20-11-5-9(16)12(6-8(11)15)21-13-7(14(18)19)3-2-4-10(13)17/h2-6H,17H2,1H3,(H2,18,19). The van der Waals surface area contributed by atoms with Crippen LogP contribution in [0.1, 0.15) is 10.4 Å². The zero-order valence-electron chi connectivity index (χ0n) is 11.0. The molecule has 0 saturated carbocycles. The molecule has 0 heterocycles. The van der Waals surface area contributed by atoms with E-state index in [1.807, 2.05) is 0 Å². The lowest BCUT2D eigenvalue weighted by atomic mass is 10.1. The zero-order valence-corrected chi connectivity index (χ0v) is 14.2. The molecule has 2 aromatic carbocycles. The second-order valence-corrected chi connectivity index (χ2v) is 5.82. The molecule has 0 spiro atoms. The molecular formula is C14H12Br2N2O3. The Bertz CT molecular complexity index is 705. The molecule has 0 aromatic heterocycles. The predicted molar refractivity (Wildman–Crippen MR) is 87.8 cm³/mol. The van der Waals surface area contributed by atoms with E-state index >= 15 is 0 Å². The molecule has 4 N–H and O–H groups in total. The summed E-state index contributed by atoms with van der Waals surface area (Å²) in [4.78, 5) is 11.5. The summed E-state index contributed by atoms with van der Waals surface area (Å²) < 4.78 is 12.3. The second-order valence-electron chi connectivity index (χ2n) is 4.11. The van der Waals surface area contributed by atoms with Crippen LogP contribution in [0.4, 0.5) is 5.69 Å². The van der Waals surface area contributed by atoms with Crippen LogP contribution >= 0.6 is 31.9 Å². The van der Waals surface area contributed by atoms with Crippen LogP contribution in [0.15, 0.2) is 39.3 Å². The van der Waals surface area contributed by atoms with Gasteiger partial charge in [0.15, 0.2) is 5.75 Å². The molecule has 0 saturated heterocycles. The number of nitrogen functional groups attached to an aromatic ring is 1. The Morgan fingerprint density at radius 3 is 2.38 bits per heavy atom. The summed E-state index contributed by atoms with van der Waals surface area (Å²) in [7, 11) is 1.56. The maximum Gasteiger partial charge on any atom is 0.252 e. The third kappa shape index (κ3) is 3.30. The number of nitrogens with two attached hydrogens (primary N) is 2. The fourth-order valence-electron chi connectivity index (χ4n) is 1.72. The molecule has 0 radical (unpaired) electrons. The van der Waals surface area contributed by atoms with Crippen molar-refractivity contribution in [2.45, 2.75) is 0 Å². The Morgan fingerprint density at radius 2 is 1.76 bits per heavy atom. The van der Waals surface area contributed by atoms with E-state index in [1.54, 1.807) is 37.4 Å². The van der Waals surface area contributed by atoms with Gasteiger partial charge in [0.1, 0.15) is 11.5 Å². The summed E-state index contributed by atoms with van der Waals surface area (Å²) in [5, 5.41) is 0. The average Bonchev–Trinajstić information content (AvgIpc) is 2.44. The van der Waals surface area contributed by atoms with Crippen LogP contribution in [0, 0.1) is 0 Å². The van der Waals surface area contributed by atoms with Crippen molar-refractivity contribution >= 4 is 43.5 Å². The highest BCUT2D eigenvalue weighted by Gasteiger charge is 2.16. The molecule has 0 aliphatic carbocycles. The van der Waals surface area contributed by atoms with E-state index in [2.05, 4.69) is 31.9 Å². The van der Waals surface area contributed by atoms with E-state index in [1.165, 1.54) is 0 Å². The van der Waals surface area contributed by atoms with Gasteiger partial charge in [0.05, 0.1) is 27.3 Å². The number of primary amides is 1. The van der Waals surface area contributed by atoms with Gasteiger partial charge in [-0.05, 0) is 56.1 Å². The fraction of sp³-hybridized carbons (Fsp3) is 0.0714. The molecule has 0 unspecified atom stereocenters. The van der Waals surface area contributed by atoms with E-state index in [9.17, 15) is 4.79 Å². The topological polar surface area (TPSA) is 87.6 Å². The number of halogens is 2. The quantitative estimate of drug-likeness (QED) is 0.745. The van der Waals surface area contributed by atoms with Crippen molar-refractivity contribution in [3.63, 3.8) is 0 Å². The fourth-order valence-corrected chi connectivity index (χ4v) is 2.61. The maximum atomic E-state index is 11.5. The highest BCUT2D eigenvalue weighted by molar-refractivity contribution is 9.11. The number of benzene rings is 2. The minimum atomic E-state index is -0.610. The molecule has 0 atom stereocenters. The molecule has 1 amide bonds. The summed E-state index contributed by atoms with van der Waals surface area (Å²) in [6.07, 6.45) is 0. The first-order valence-corrected chi connectivity index (χ1v) is 7.41. The molecule has 0 aliphatic heterocycles. The number of para-hydroxylation sites is 1. The van der Waals surface area contributed by atoms with Crippen molar-refractivity contribution in [3.8, 4) is 17.2 Å². The first-order valence-electron chi connectivity index (χ1n) is 5.83. The van der Waals surface area contributed by atoms with E-state index in [0.29, 0.717) is 26.1 Å². The number of carbonyl (C=O) groups excluding carboxylic acids is 1. The number of hydrogen-bond acceptors (Lipinski definition) is 4. The number of amides is 1. The smallest absolute Gasteiger partial charge is 0.252 e. The van der Waals surface area contributed by atoms with Crippen LogP contribution < -0.4 is 20.9 Å². The van der Waals surface area contributed by atoms with E-state index in [4.69, 9.17) is 20.9 Å². The van der Waals surface area contributed by atoms with Crippen LogP contribution in [0.2, 0.25) is 0 Å². The van der Waals surface area contributed by atoms with Crippen LogP contribution in [0.25, 0.3) is 0 Å². The van der Waals surface area contributed by atoms with Gasteiger partial charge in [-0.1, -0.05) is 6.07 Å². The Hall–Kier alpha value is -1.73. The normalized spacial score (nSPS) is 10.2. The Morgan fingerprint density at radius 1 is 1.14 bits per heavy atom. The van der Waals surface area contributed by atoms with Crippen LogP contribution in [0.3, 0.4) is 0 Å². The van der Waals surface area contributed by atoms with Crippen LogP contribution in [-0.2, 0) is 0 Å². The minimum Gasteiger partial charge on any atom is -0.496 e. The summed E-state index contributed by atoms with van der Waals surface area (Å²) in [5.41, 5.74) is 11.7.